The molecule has 0 spiro atoms. The van der Waals surface area contributed by atoms with Crippen LogP contribution in [0.3, 0.4) is 0 Å². The summed E-state index contributed by atoms with van der Waals surface area (Å²) in [5, 5.41) is 6.53. The third-order valence-corrected chi connectivity index (χ3v) is 4.30. The van der Waals surface area contributed by atoms with E-state index in [-0.39, 0.29) is 0 Å². The highest BCUT2D eigenvalue weighted by Gasteiger charge is 2.17. The number of rotatable bonds is 7. The van der Waals surface area contributed by atoms with E-state index >= 15 is 0 Å². The van der Waals surface area contributed by atoms with Gasteiger partial charge in [-0.25, -0.2) is 0 Å². The Bertz CT molecular complexity index is 298. The van der Waals surface area contributed by atoms with E-state index in [0.29, 0.717) is 6.04 Å². The van der Waals surface area contributed by atoms with Gasteiger partial charge in [-0.2, -0.15) is 0 Å². The maximum Gasteiger partial charge on any atom is 0.0561 e. The molecule has 0 saturated carbocycles. The summed E-state index contributed by atoms with van der Waals surface area (Å²) in [6.07, 6.45) is 3.74. The van der Waals surface area contributed by atoms with Crippen LogP contribution in [0, 0.1) is 5.92 Å². The predicted octanol–water partition coefficient (Wildman–Crippen LogP) is 4.88. The van der Waals surface area contributed by atoms with E-state index < -0.39 is 0 Å². The van der Waals surface area contributed by atoms with Crippen LogP contribution in [-0.4, -0.2) is 6.54 Å². The maximum atomic E-state index is 6.20. The van der Waals surface area contributed by atoms with Crippen LogP contribution in [0.2, 0.25) is 5.02 Å². The van der Waals surface area contributed by atoms with Gasteiger partial charge < -0.3 is 5.32 Å². The molecule has 0 fully saturated rings. The summed E-state index contributed by atoms with van der Waals surface area (Å²) in [7, 11) is 0. The summed E-state index contributed by atoms with van der Waals surface area (Å²) in [5.74, 6) is 0.757. The quantitative estimate of drug-likeness (QED) is 0.736. The summed E-state index contributed by atoms with van der Waals surface area (Å²) in [5.41, 5.74) is 0. The van der Waals surface area contributed by atoms with Gasteiger partial charge in [-0.15, -0.1) is 11.3 Å². The van der Waals surface area contributed by atoms with Crippen LogP contribution in [0.25, 0.3) is 0 Å². The second-order valence-corrected chi connectivity index (χ2v) is 5.73. The second kappa shape index (κ2) is 7.31. The van der Waals surface area contributed by atoms with Crippen LogP contribution < -0.4 is 5.32 Å². The first-order valence-corrected chi connectivity index (χ1v) is 7.41. The molecule has 1 N–H and O–H groups in total. The van der Waals surface area contributed by atoms with Gasteiger partial charge in [0.2, 0.25) is 0 Å². The van der Waals surface area contributed by atoms with Crippen molar-refractivity contribution in [1.82, 2.24) is 5.32 Å². The lowest BCUT2D eigenvalue weighted by molar-refractivity contribution is 0.399. The van der Waals surface area contributed by atoms with Crippen molar-refractivity contribution in [2.75, 3.05) is 6.54 Å². The Balaban J connectivity index is 2.64. The molecule has 3 heteroatoms. The van der Waals surface area contributed by atoms with Gasteiger partial charge in [0, 0.05) is 10.9 Å². The third-order valence-electron chi connectivity index (χ3n) is 2.83. The van der Waals surface area contributed by atoms with E-state index in [1.807, 2.05) is 6.07 Å². The van der Waals surface area contributed by atoms with Gasteiger partial charge in [0.1, 0.15) is 0 Å². The fourth-order valence-corrected chi connectivity index (χ4v) is 3.37. The van der Waals surface area contributed by atoms with Crippen molar-refractivity contribution in [3.63, 3.8) is 0 Å². The Morgan fingerprint density at radius 2 is 2.19 bits per heavy atom. The predicted molar refractivity (Wildman–Crippen MR) is 74.4 cm³/mol. The first-order valence-electron chi connectivity index (χ1n) is 6.15. The van der Waals surface area contributed by atoms with Crippen LogP contribution in [0.5, 0.6) is 0 Å². The zero-order valence-electron chi connectivity index (χ0n) is 10.4. The standard InChI is InChI=1S/C13H22ClNS/c1-4-6-10(3)9-12(15-5-2)13-11(14)7-8-16-13/h7-8,10,12,15H,4-6,9H2,1-3H3. The lowest BCUT2D eigenvalue weighted by atomic mass is 9.96. The summed E-state index contributed by atoms with van der Waals surface area (Å²) >= 11 is 7.96. The highest BCUT2D eigenvalue weighted by atomic mass is 35.5. The normalized spacial score (nSPS) is 15.0. The van der Waals surface area contributed by atoms with E-state index in [4.69, 9.17) is 11.6 Å². The van der Waals surface area contributed by atoms with Crippen LogP contribution in [0.15, 0.2) is 11.4 Å². The first kappa shape index (κ1) is 14.0. The van der Waals surface area contributed by atoms with Gasteiger partial charge in [0.15, 0.2) is 0 Å². The van der Waals surface area contributed by atoms with Gasteiger partial charge in [-0.3, -0.25) is 0 Å². The fourth-order valence-electron chi connectivity index (χ4n) is 2.10. The Hall–Kier alpha value is -0.0500. The van der Waals surface area contributed by atoms with E-state index in [2.05, 4.69) is 31.5 Å². The van der Waals surface area contributed by atoms with Crippen molar-refractivity contribution in [3.8, 4) is 0 Å². The van der Waals surface area contributed by atoms with Gasteiger partial charge in [-0.05, 0) is 30.3 Å². The Morgan fingerprint density at radius 1 is 1.44 bits per heavy atom. The Morgan fingerprint density at radius 3 is 2.69 bits per heavy atom. The molecular formula is C13H22ClNS. The first-order chi connectivity index (χ1) is 7.69. The van der Waals surface area contributed by atoms with Gasteiger partial charge in [0.25, 0.3) is 0 Å². The smallest absolute Gasteiger partial charge is 0.0561 e. The Kier molecular flexibility index (Phi) is 6.40. The van der Waals surface area contributed by atoms with Crippen molar-refractivity contribution in [2.24, 2.45) is 5.92 Å². The van der Waals surface area contributed by atoms with Crippen LogP contribution in [0.4, 0.5) is 0 Å². The lowest BCUT2D eigenvalue weighted by Crippen LogP contribution is -2.22. The third kappa shape index (κ3) is 4.08. The number of nitrogens with one attached hydrogen (secondary N) is 1. The minimum Gasteiger partial charge on any atom is -0.309 e. The molecule has 0 aliphatic carbocycles. The van der Waals surface area contributed by atoms with Crippen LogP contribution in [-0.2, 0) is 0 Å². The number of thiophene rings is 1. The zero-order chi connectivity index (χ0) is 12.0. The van der Waals surface area contributed by atoms with Crippen molar-refractivity contribution in [2.45, 2.75) is 46.1 Å². The molecule has 92 valence electrons. The average Bonchev–Trinajstić information content (AvgIpc) is 2.64. The summed E-state index contributed by atoms with van der Waals surface area (Å²) < 4.78 is 0. The highest BCUT2D eigenvalue weighted by Crippen LogP contribution is 2.33. The van der Waals surface area contributed by atoms with Crippen LogP contribution >= 0.6 is 22.9 Å². The number of halogens is 1. The van der Waals surface area contributed by atoms with Gasteiger partial charge in [0.05, 0.1) is 5.02 Å². The highest BCUT2D eigenvalue weighted by molar-refractivity contribution is 7.10. The summed E-state index contributed by atoms with van der Waals surface area (Å²) in [6.45, 7) is 7.73. The second-order valence-electron chi connectivity index (χ2n) is 4.37. The summed E-state index contributed by atoms with van der Waals surface area (Å²) in [4.78, 5) is 1.30. The SMILES string of the molecule is CCCC(C)CC(NCC)c1sccc1Cl. The molecule has 1 rings (SSSR count). The number of hydrogen-bond acceptors (Lipinski definition) is 2. The minimum atomic E-state index is 0.430. The molecule has 0 aliphatic heterocycles. The van der Waals surface area contributed by atoms with Crippen molar-refractivity contribution in [3.05, 3.63) is 21.3 Å². The largest absolute Gasteiger partial charge is 0.309 e. The van der Waals surface area contributed by atoms with Crippen molar-refractivity contribution < 1.29 is 0 Å². The summed E-state index contributed by atoms with van der Waals surface area (Å²) in [6, 6.07) is 2.43. The van der Waals surface area contributed by atoms with Crippen molar-refractivity contribution in [1.29, 1.82) is 0 Å². The molecule has 1 nitrogen and oxygen atoms in total. The minimum absolute atomic E-state index is 0.430. The molecule has 16 heavy (non-hydrogen) atoms. The molecule has 2 unspecified atom stereocenters. The molecule has 0 bridgehead atoms. The van der Waals surface area contributed by atoms with E-state index in [1.54, 1.807) is 11.3 Å². The molecule has 2 atom stereocenters. The molecule has 0 amide bonds. The van der Waals surface area contributed by atoms with Crippen LogP contribution in [0.1, 0.15) is 51.0 Å². The molecule has 0 aliphatic rings. The molecule has 0 radical (unpaired) electrons. The maximum absolute atomic E-state index is 6.20. The van der Waals surface area contributed by atoms with Gasteiger partial charge in [-0.1, -0.05) is 45.2 Å². The zero-order valence-corrected chi connectivity index (χ0v) is 12.0. The van der Waals surface area contributed by atoms with Gasteiger partial charge >= 0.3 is 0 Å². The van der Waals surface area contributed by atoms with E-state index in [1.165, 1.54) is 24.1 Å². The molecule has 1 heterocycles. The topological polar surface area (TPSA) is 12.0 Å². The molecule has 0 aromatic carbocycles. The molecule has 0 saturated heterocycles. The van der Waals surface area contributed by atoms with E-state index in [9.17, 15) is 0 Å². The molecule has 1 aromatic heterocycles. The van der Waals surface area contributed by atoms with Crippen molar-refractivity contribution >= 4 is 22.9 Å². The lowest BCUT2D eigenvalue weighted by Gasteiger charge is -2.21. The molecule has 1 aromatic rings. The fraction of sp³-hybridized carbons (Fsp3) is 0.692. The monoisotopic (exact) mass is 259 g/mol. The molecular weight excluding hydrogens is 238 g/mol. The van der Waals surface area contributed by atoms with E-state index in [0.717, 1.165) is 17.5 Å². The Labute approximate surface area is 108 Å². The number of hydrogen-bond donors (Lipinski definition) is 1. The average molecular weight is 260 g/mol.